The first kappa shape index (κ1) is 14.4. The topological polar surface area (TPSA) is 30.7 Å². The minimum atomic E-state index is 0.125. The number of hydrogen-bond acceptors (Lipinski definition) is 2. The van der Waals surface area contributed by atoms with E-state index in [0.29, 0.717) is 10.9 Å². The number of hydrogen-bond donors (Lipinski definition) is 0. The van der Waals surface area contributed by atoms with Crippen LogP contribution in [0.4, 0.5) is 0 Å². The molecule has 0 aliphatic heterocycles. The van der Waals surface area contributed by atoms with Crippen LogP contribution >= 0.6 is 23.2 Å². The zero-order valence-corrected chi connectivity index (χ0v) is 13.1. The molecule has 0 N–H and O–H groups in total. The van der Waals surface area contributed by atoms with Gasteiger partial charge in [-0.3, -0.25) is 4.98 Å². The van der Waals surface area contributed by atoms with E-state index >= 15 is 0 Å². The number of imidazole rings is 1. The van der Waals surface area contributed by atoms with E-state index in [0.717, 1.165) is 28.8 Å². The summed E-state index contributed by atoms with van der Waals surface area (Å²) >= 11 is 12.1. The second-order valence-corrected chi connectivity index (χ2v) is 5.75. The Labute approximate surface area is 133 Å². The van der Waals surface area contributed by atoms with E-state index < -0.39 is 0 Å². The predicted molar refractivity (Wildman–Crippen MR) is 87.2 cm³/mol. The van der Waals surface area contributed by atoms with Gasteiger partial charge in [-0.15, -0.1) is 11.6 Å². The van der Waals surface area contributed by atoms with Crippen LogP contribution in [0.1, 0.15) is 24.4 Å². The molecular weight excluding hydrogens is 305 g/mol. The summed E-state index contributed by atoms with van der Waals surface area (Å²) in [6.07, 6.45) is 4.38. The number of fused-ring (bicyclic) bond motifs is 1. The molecule has 0 saturated heterocycles. The highest BCUT2D eigenvalue weighted by molar-refractivity contribution is 6.31. The zero-order chi connectivity index (χ0) is 14.8. The average molecular weight is 320 g/mol. The normalized spacial score (nSPS) is 12.7. The number of benzene rings is 1. The van der Waals surface area contributed by atoms with E-state index in [1.807, 2.05) is 30.5 Å². The van der Waals surface area contributed by atoms with Gasteiger partial charge in [0.2, 0.25) is 0 Å². The van der Waals surface area contributed by atoms with Gasteiger partial charge in [0, 0.05) is 29.7 Å². The van der Waals surface area contributed by atoms with Crippen molar-refractivity contribution >= 4 is 34.2 Å². The van der Waals surface area contributed by atoms with Gasteiger partial charge in [0.05, 0.1) is 17.1 Å². The fourth-order valence-corrected chi connectivity index (χ4v) is 2.92. The van der Waals surface area contributed by atoms with E-state index in [2.05, 4.69) is 27.5 Å². The Hall–Kier alpha value is -1.58. The van der Waals surface area contributed by atoms with Gasteiger partial charge in [0.15, 0.2) is 0 Å². The summed E-state index contributed by atoms with van der Waals surface area (Å²) in [6.45, 7) is 2.14. The number of halogens is 2. The SMILES string of the molecule is CC(c1cccnc1)n1c(CCCl)nc2ccc(Cl)cc21. The van der Waals surface area contributed by atoms with E-state index in [1.54, 1.807) is 6.20 Å². The maximum Gasteiger partial charge on any atom is 0.111 e. The van der Waals surface area contributed by atoms with Crippen molar-refractivity contribution < 1.29 is 0 Å². The molecule has 0 aliphatic carbocycles. The molecule has 1 aromatic carbocycles. The van der Waals surface area contributed by atoms with Gasteiger partial charge in [-0.2, -0.15) is 0 Å². The molecule has 0 fully saturated rings. The van der Waals surface area contributed by atoms with Crippen LogP contribution in [0.3, 0.4) is 0 Å². The molecule has 3 rings (SSSR count). The summed E-state index contributed by atoms with van der Waals surface area (Å²) in [7, 11) is 0. The molecule has 0 aliphatic rings. The van der Waals surface area contributed by atoms with Crippen LogP contribution < -0.4 is 0 Å². The van der Waals surface area contributed by atoms with Crippen molar-refractivity contribution in [2.45, 2.75) is 19.4 Å². The van der Waals surface area contributed by atoms with E-state index in [1.165, 1.54) is 0 Å². The minimum Gasteiger partial charge on any atom is -0.320 e. The van der Waals surface area contributed by atoms with Gasteiger partial charge in [0.1, 0.15) is 5.82 Å². The lowest BCUT2D eigenvalue weighted by Gasteiger charge is -2.17. The third-order valence-corrected chi connectivity index (χ3v) is 4.02. The van der Waals surface area contributed by atoms with Crippen molar-refractivity contribution in [3.8, 4) is 0 Å². The van der Waals surface area contributed by atoms with Crippen LogP contribution in [0.2, 0.25) is 5.02 Å². The van der Waals surface area contributed by atoms with E-state index in [-0.39, 0.29) is 6.04 Å². The highest BCUT2D eigenvalue weighted by Gasteiger charge is 2.17. The highest BCUT2D eigenvalue weighted by Crippen LogP contribution is 2.28. The van der Waals surface area contributed by atoms with Crippen LogP contribution in [0.15, 0.2) is 42.7 Å². The third-order valence-electron chi connectivity index (χ3n) is 3.60. The summed E-state index contributed by atoms with van der Waals surface area (Å²) in [5.74, 6) is 1.51. The quantitative estimate of drug-likeness (QED) is 0.664. The lowest BCUT2D eigenvalue weighted by Crippen LogP contribution is -2.11. The largest absolute Gasteiger partial charge is 0.320 e. The van der Waals surface area contributed by atoms with Crippen molar-refractivity contribution in [2.24, 2.45) is 0 Å². The fraction of sp³-hybridized carbons (Fsp3) is 0.250. The first-order valence-electron chi connectivity index (χ1n) is 6.83. The molecule has 3 nitrogen and oxygen atoms in total. The Morgan fingerprint density at radius 1 is 1.29 bits per heavy atom. The van der Waals surface area contributed by atoms with Crippen molar-refractivity contribution in [2.75, 3.05) is 5.88 Å². The molecule has 2 heterocycles. The standard InChI is InChI=1S/C16H15Cl2N3/c1-11(12-3-2-8-19-10-12)21-15-9-13(18)4-5-14(15)20-16(21)6-7-17/h2-5,8-11H,6-7H2,1H3. The molecule has 2 aromatic heterocycles. The maximum atomic E-state index is 6.15. The summed E-state index contributed by atoms with van der Waals surface area (Å²) in [4.78, 5) is 8.89. The van der Waals surface area contributed by atoms with Crippen molar-refractivity contribution in [1.82, 2.24) is 14.5 Å². The molecular formula is C16H15Cl2N3. The summed E-state index contributed by atoms with van der Waals surface area (Å²) in [5, 5.41) is 0.708. The van der Waals surface area contributed by atoms with Crippen LogP contribution in [0.5, 0.6) is 0 Å². The molecule has 1 unspecified atom stereocenters. The number of pyridine rings is 1. The maximum absolute atomic E-state index is 6.15. The van der Waals surface area contributed by atoms with Crippen molar-refractivity contribution in [1.29, 1.82) is 0 Å². The lowest BCUT2D eigenvalue weighted by atomic mass is 10.1. The Morgan fingerprint density at radius 2 is 2.14 bits per heavy atom. The molecule has 1 atom stereocenters. The van der Waals surface area contributed by atoms with Gasteiger partial charge in [0.25, 0.3) is 0 Å². The first-order chi connectivity index (χ1) is 10.2. The average Bonchev–Trinajstić information content (AvgIpc) is 2.85. The summed E-state index contributed by atoms with van der Waals surface area (Å²) in [6, 6.07) is 9.90. The Bertz CT molecular complexity index is 753. The van der Waals surface area contributed by atoms with E-state index in [4.69, 9.17) is 23.2 Å². The van der Waals surface area contributed by atoms with Crippen LogP contribution in [0, 0.1) is 0 Å². The molecule has 0 radical (unpaired) electrons. The molecule has 0 saturated carbocycles. The van der Waals surface area contributed by atoms with Gasteiger partial charge >= 0.3 is 0 Å². The van der Waals surface area contributed by atoms with Gasteiger partial charge < -0.3 is 4.57 Å². The molecule has 0 amide bonds. The minimum absolute atomic E-state index is 0.125. The van der Waals surface area contributed by atoms with Gasteiger partial charge in [-0.25, -0.2) is 4.98 Å². The van der Waals surface area contributed by atoms with Gasteiger partial charge in [-0.1, -0.05) is 17.7 Å². The Morgan fingerprint density at radius 3 is 2.86 bits per heavy atom. The van der Waals surface area contributed by atoms with Crippen molar-refractivity contribution in [3.05, 3.63) is 59.1 Å². The Balaban J connectivity index is 2.18. The first-order valence-corrected chi connectivity index (χ1v) is 7.74. The summed E-state index contributed by atoms with van der Waals surface area (Å²) < 4.78 is 2.20. The van der Waals surface area contributed by atoms with Crippen LogP contribution in [0.25, 0.3) is 11.0 Å². The van der Waals surface area contributed by atoms with Crippen molar-refractivity contribution in [3.63, 3.8) is 0 Å². The van der Waals surface area contributed by atoms with Crippen LogP contribution in [-0.4, -0.2) is 20.4 Å². The molecule has 108 valence electrons. The Kier molecular flexibility index (Phi) is 4.13. The van der Waals surface area contributed by atoms with Crippen LogP contribution in [-0.2, 0) is 6.42 Å². The molecule has 3 aromatic rings. The zero-order valence-electron chi connectivity index (χ0n) is 11.6. The number of nitrogens with zero attached hydrogens (tertiary/aromatic N) is 3. The molecule has 0 bridgehead atoms. The molecule has 21 heavy (non-hydrogen) atoms. The molecule has 0 spiro atoms. The highest BCUT2D eigenvalue weighted by atomic mass is 35.5. The summed E-state index contributed by atoms with van der Waals surface area (Å²) in [5.41, 5.74) is 3.10. The van der Waals surface area contributed by atoms with E-state index in [9.17, 15) is 0 Å². The third kappa shape index (κ3) is 2.76. The monoisotopic (exact) mass is 319 g/mol. The smallest absolute Gasteiger partial charge is 0.111 e. The molecule has 5 heteroatoms. The number of aryl methyl sites for hydroxylation is 1. The number of aromatic nitrogens is 3. The second-order valence-electron chi connectivity index (χ2n) is 4.93. The predicted octanol–water partition coefficient (Wildman–Crippen LogP) is 4.48. The number of alkyl halides is 1. The van der Waals surface area contributed by atoms with Gasteiger partial charge in [-0.05, 0) is 36.8 Å². The lowest BCUT2D eigenvalue weighted by molar-refractivity contribution is 0.621. The fourth-order valence-electron chi connectivity index (χ4n) is 2.58. The number of rotatable bonds is 4. The second kappa shape index (κ2) is 6.04.